The predicted octanol–water partition coefficient (Wildman–Crippen LogP) is 6.05. The van der Waals surface area contributed by atoms with E-state index in [0.717, 1.165) is 19.3 Å². The number of unbranched alkanes of at least 4 members (excludes halogenated alkanes) is 16. The van der Waals surface area contributed by atoms with Crippen molar-refractivity contribution in [3.63, 3.8) is 0 Å². The van der Waals surface area contributed by atoms with Crippen LogP contribution in [0.4, 0.5) is 0 Å². The summed E-state index contributed by atoms with van der Waals surface area (Å²) < 4.78 is 26.1. The number of aliphatic hydroxyl groups is 1. The van der Waals surface area contributed by atoms with E-state index in [0.29, 0.717) is 6.42 Å². The predicted molar refractivity (Wildman–Crippen MR) is 157 cm³/mol. The molecular weight excluding hydrogens is 553 g/mol. The summed E-state index contributed by atoms with van der Waals surface area (Å²) in [6.45, 7) is 1.88. The SMILES string of the molecule is CCCCCCCCCCCCCCCCCCCC(=O)OCC(O)COP(=O)(O)OCC(NC(=O)CC)C(=O)O. The van der Waals surface area contributed by atoms with Gasteiger partial charge in [-0.05, 0) is 6.42 Å². The summed E-state index contributed by atoms with van der Waals surface area (Å²) >= 11 is 0. The van der Waals surface area contributed by atoms with Crippen LogP contribution in [0.25, 0.3) is 0 Å². The minimum absolute atomic E-state index is 0.0293. The third-order valence-corrected chi connectivity index (χ3v) is 7.66. The number of aliphatic hydroxyl groups excluding tert-OH is 1. The first-order valence-electron chi connectivity index (χ1n) is 15.6. The summed E-state index contributed by atoms with van der Waals surface area (Å²) in [5.41, 5.74) is 0. The van der Waals surface area contributed by atoms with E-state index in [2.05, 4.69) is 21.3 Å². The lowest BCUT2D eigenvalue weighted by Crippen LogP contribution is -2.43. The number of carbonyl (C=O) groups is 3. The second kappa shape index (κ2) is 26.1. The van der Waals surface area contributed by atoms with Gasteiger partial charge >= 0.3 is 19.8 Å². The molecule has 41 heavy (non-hydrogen) atoms. The van der Waals surface area contributed by atoms with Crippen LogP contribution < -0.4 is 5.32 Å². The highest BCUT2D eigenvalue weighted by atomic mass is 31.2. The van der Waals surface area contributed by atoms with E-state index in [1.165, 1.54) is 90.4 Å². The highest BCUT2D eigenvalue weighted by Crippen LogP contribution is 2.43. The van der Waals surface area contributed by atoms with Gasteiger partial charge in [-0.2, -0.15) is 0 Å². The molecule has 242 valence electrons. The van der Waals surface area contributed by atoms with Gasteiger partial charge in [-0.15, -0.1) is 0 Å². The molecule has 0 rings (SSSR count). The first kappa shape index (κ1) is 39.5. The van der Waals surface area contributed by atoms with E-state index >= 15 is 0 Å². The zero-order chi connectivity index (χ0) is 30.8. The van der Waals surface area contributed by atoms with Crippen LogP contribution in [-0.2, 0) is 32.7 Å². The molecule has 0 fully saturated rings. The molecule has 0 spiro atoms. The largest absolute Gasteiger partial charge is 0.480 e. The fraction of sp³-hybridized carbons (Fsp3) is 0.897. The van der Waals surface area contributed by atoms with E-state index in [1.54, 1.807) is 0 Å². The molecule has 11 nitrogen and oxygen atoms in total. The minimum atomic E-state index is -4.70. The molecule has 3 atom stereocenters. The Hall–Kier alpha value is -1.52. The van der Waals surface area contributed by atoms with Gasteiger partial charge in [-0.25, -0.2) is 9.36 Å². The Bertz CT molecular complexity index is 736. The number of phosphoric ester groups is 1. The average Bonchev–Trinajstić information content (AvgIpc) is 2.94. The lowest BCUT2D eigenvalue weighted by Gasteiger charge is -2.18. The molecule has 0 radical (unpaired) electrons. The van der Waals surface area contributed by atoms with Crippen molar-refractivity contribution in [1.29, 1.82) is 0 Å². The van der Waals surface area contributed by atoms with Crippen molar-refractivity contribution in [1.82, 2.24) is 5.32 Å². The van der Waals surface area contributed by atoms with Crippen molar-refractivity contribution in [2.24, 2.45) is 0 Å². The van der Waals surface area contributed by atoms with Crippen LogP contribution in [0.3, 0.4) is 0 Å². The van der Waals surface area contributed by atoms with E-state index in [-0.39, 0.29) is 12.8 Å². The Labute approximate surface area is 246 Å². The van der Waals surface area contributed by atoms with Crippen molar-refractivity contribution >= 4 is 25.7 Å². The van der Waals surface area contributed by atoms with Crippen molar-refractivity contribution in [2.75, 3.05) is 19.8 Å². The molecule has 0 aromatic carbocycles. The molecular formula is C29H56NO10P. The second-order valence-electron chi connectivity index (χ2n) is 10.6. The summed E-state index contributed by atoms with van der Waals surface area (Å²) in [6, 6.07) is -1.54. The van der Waals surface area contributed by atoms with Gasteiger partial charge in [0.25, 0.3) is 0 Å². The Morgan fingerprint density at radius 2 is 1.15 bits per heavy atom. The van der Waals surface area contributed by atoms with Crippen molar-refractivity contribution in [3.05, 3.63) is 0 Å². The van der Waals surface area contributed by atoms with Gasteiger partial charge in [0.1, 0.15) is 12.7 Å². The summed E-state index contributed by atoms with van der Waals surface area (Å²) in [7, 11) is -4.70. The maximum Gasteiger partial charge on any atom is 0.472 e. The maximum atomic E-state index is 11.9. The number of ether oxygens (including phenoxy) is 1. The first-order valence-corrected chi connectivity index (χ1v) is 17.1. The van der Waals surface area contributed by atoms with E-state index in [1.807, 2.05) is 0 Å². The number of amides is 1. The standard InChI is InChI=1S/C29H56NO10P/c1-3-5-6-7-8-9-10-11-12-13-14-15-16-17-18-19-20-21-28(33)38-22-25(31)23-39-41(36,37)40-24-26(29(34)35)30-27(32)4-2/h25-26,31H,3-24H2,1-2H3,(H,30,32)(H,34,35)(H,36,37). The summed E-state index contributed by atoms with van der Waals surface area (Å²) in [5.74, 6) is -2.48. The molecule has 0 aromatic rings. The van der Waals surface area contributed by atoms with Gasteiger partial charge in [0, 0.05) is 12.8 Å². The number of aliphatic carboxylic acids is 1. The van der Waals surface area contributed by atoms with Crippen LogP contribution in [0.5, 0.6) is 0 Å². The van der Waals surface area contributed by atoms with Crippen molar-refractivity contribution < 1.29 is 47.8 Å². The van der Waals surface area contributed by atoms with Crippen LogP contribution in [0.15, 0.2) is 0 Å². The van der Waals surface area contributed by atoms with Crippen LogP contribution in [-0.4, -0.2) is 64.9 Å². The number of phosphoric acid groups is 1. The lowest BCUT2D eigenvalue weighted by molar-refractivity contribution is -0.147. The van der Waals surface area contributed by atoms with Crippen LogP contribution in [0.1, 0.15) is 136 Å². The Kier molecular flexibility index (Phi) is 25.2. The smallest absolute Gasteiger partial charge is 0.472 e. The Morgan fingerprint density at radius 1 is 0.707 bits per heavy atom. The van der Waals surface area contributed by atoms with Gasteiger partial charge in [0.05, 0.1) is 13.2 Å². The fourth-order valence-corrected chi connectivity index (χ4v) is 4.93. The van der Waals surface area contributed by atoms with Crippen LogP contribution in [0, 0.1) is 0 Å². The molecule has 0 aliphatic heterocycles. The molecule has 0 heterocycles. The normalized spacial score (nSPS) is 14.2. The highest BCUT2D eigenvalue weighted by molar-refractivity contribution is 7.47. The zero-order valence-electron chi connectivity index (χ0n) is 25.4. The maximum absolute atomic E-state index is 11.9. The molecule has 0 aromatic heterocycles. The van der Waals surface area contributed by atoms with Crippen LogP contribution >= 0.6 is 7.82 Å². The van der Waals surface area contributed by atoms with Gasteiger partial charge in [-0.3, -0.25) is 18.6 Å². The molecule has 4 N–H and O–H groups in total. The van der Waals surface area contributed by atoms with Crippen molar-refractivity contribution in [2.45, 2.75) is 148 Å². The average molecular weight is 610 g/mol. The molecule has 3 unspecified atom stereocenters. The summed E-state index contributed by atoms with van der Waals surface area (Å²) in [6.07, 6.45) is 20.2. The molecule has 12 heteroatoms. The Balaban J connectivity index is 3.70. The number of hydrogen-bond donors (Lipinski definition) is 4. The van der Waals surface area contributed by atoms with E-state index in [9.17, 15) is 28.9 Å². The van der Waals surface area contributed by atoms with Crippen molar-refractivity contribution in [3.8, 4) is 0 Å². The van der Waals surface area contributed by atoms with Crippen LogP contribution in [0.2, 0.25) is 0 Å². The summed E-state index contributed by atoms with van der Waals surface area (Å²) in [5, 5.41) is 21.0. The number of rotatable bonds is 29. The van der Waals surface area contributed by atoms with E-state index < -0.39 is 57.6 Å². The minimum Gasteiger partial charge on any atom is -0.480 e. The van der Waals surface area contributed by atoms with Gasteiger partial charge in [0.15, 0.2) is 6.04 Å². The van der Waals surface area contributed by atoms with Gasteiger partial charge in [-0.1, -0.05) is 117 Å². The number of carboxylic acid groups (broad SMARTS) is 1. The quantitative estimate of drug-likeness (QED) is 0.0445. The lowest BCUT2D eigenvalue weighted by atomic mass is 10.0. The van der Waals surface area contributed by atoms with Gasteiger partial charge < -0.3 is 25.2 Å². The molecule has 0 aliphatic rings. The van der Waals surface area contributed by atoms with E-state index in [4.69, 9.17) is 9.84 Å². The summed E-state index contributed by atoms with van der Waals surface area (Å²) in [4.78, 5) is 44.0. The third-order valence-electron chi connectivity index (χ3n) is 6.71. The number of carbonyl (C=O) groups excluding carboxylic acids is 2. The molecule has 0 saturated carbocycles. The monoisotopic (exact) mass is 609 g/mol. The first-order chi connectivity index (χ1) is 19.6. The fourth-order valence-electron chi connectivity index (χ4n) is 4.16. The molecule has 0 aliphatic carbocycles. The highest BCUT2D eigenvalue weighted by Gasteiger charge is 2.28. The second-order valence-corrected chi connectivity index (χ2v) is 12.1. The topological polar surface area (TPSA) is 169 Å². The number of hydrogen-bond acceptors (Lipinski definition) is 8. The molecule has 0 bridgehead atoms. The number of nitrogens with one attached hydrogen (secondary N) is 1. The molecule has 1 amide bonds. The van der Waals surface area contributed by atoms with Gasteiger partial charge in [0.2, 0.25) is 5.91 Å². The Morgan fingerprint density at radius 3 is 1.59 bits per heavy atom. The molecule has 0 saturated heterocycles. The third kappa shape index (κ3) is 25.9. The number of esters is 1. The zero-order valence-corrected chi connectivity index (χ0v) is 26.3. The number of carboxylic acids is 1.